The molecular weight excluding hydrogens is 372 g/mol. The van der Waals surface area contributed by atoms with E-state index in [4.69, 9.17) is 0 Å². The van der Waals surface area contributed by atoms with E-state index in [-0.39, 0.29) is 5.91 Å². The van der Waals surface area contributed by atoms with Crippen LogP contribution in [0.1, 0.15) is 17.4 Å². The molecule has 5 nitrogen and oxygen atoms in total. The Hall–Kier alpha value is -1.38. The number of nitrogens with one attached hydrogen (secondary N) is 2. The van der Waals surface area contributed by atoms with Gasteiger partial charge in [0.05, 0.1) is 0 Å². The zero-order valence-electron chi connectivity index (χ0n) is 11.0. The maximum absolute atomic E-state index is 12.2. The van der Waals surface area contributed by atoms with Gasteiger partial charge in [-0.2, -0.15) is 0 Å². The summed E-state index contributed by atoms with van der Waals surface area (Å²) in [4.78, 5) is 15.3. The van der Waals surface area contributed by atoms with E-state index in [9.17, 15) is 4.79 Å². The second kappa shape index (κ2) is 6.17. The molecule has 8 heteroatoms. The lowest BCUT2D eigenvalue weighted by Gasteiger charge is -1.96. The molecule has 0 fully saturated rings. The van der Waals surface area contributed by atoms with Crippen molar-refractivity contribution in [2.75, 3.05) is 11.1 Å². The third-order valence-corrected chi connectivity index (χ3v) is 5.07. The van der Waals surface area contributed by atoms with Crippen molar-refractivity contribution in [3.63, 3.8) is 0 Å². The Morgan fingerprint density at radius 2 is 2.29 bits per heavy atom. The Balaban J connectivity index is 1.79. The Morgan fingerprint density at radius 3 is 3.10 bits per heavy atom. The summed E-state index contributed by atoms with van der Waals surface area (Å²) in [5.74, 6) is 0.714. The van der Waals surface area contributed by atoms with Gasteiger partial charge >= 0.3 is 0 Å². The van der Waals surface area contributed by atoms with Gasteiger partial charge < -0.3 is 4.98 Å². The topological polar surface area (TPSA) is 70.7 Å². The van der Waals surface area contributed by atoms with Crippen LogP contribution in [-0.2, 0) is 0 Å². The molecule has 0 aliphatic carbocycles. The summed E-state index contributed by atoms with van der Waals surface area (Å²) >= 11 is 6.40. The largest absolute Gasteiger partial charge is 0.351 e. The van der Waals surface area contributed by atoms with Crippen LogP contribution in [0.3, 0.4) is 0 Å². The van der Waals surface area contributed by atoms with Crippen LogP contribution in [0, 0.1) is 0 Å². The summed E-state index contributed by atoms with van der Waals surface area (Å²) in [5.41, 5.74) is 1.42. The molecule has 2 N–H and O–H groups in total. The van der Waals surface area contributed by atoms with E-state index in [2.05, 4.69) is 36.4 Å². The van der Waals surface area contributed by atoms with Crippen molar-refractivity contribution in [2.45, 2.75) is 11.3 Å². The minimum absolute atomic E-state index is 0.216. The molecule has 0 unspecified atom stereocenters. The van der Waals surface area contributed by atoms with Gasteiger partial charge in [0.25, 0.3) is 5.91 Å². The summed E-state index contributed by atoms with van der Waals surface area (Å²) in [6, 6.07) is 7.64. The predicted octanol–water partition coefficient (Wildman–Crippen LogP) is 4.15. The van der Waals surface area contributed by atoms with Crippen molar-refractivity contribution in [1.82, 2.24) is 15.2 Å². The minimum Gasteiger partial charge on any atom is -0.351 e. The van der Waals surface area contributed by atoms with Gasteiger partial charge in [0.15, 0.2) is 4.34 Å². The summed E-state index contributed by atoms with van der Waals surface area (Å²) in [5, 5.41) is 12.2. The molecule has 108 valence electrons. The number of carbonyl (C=O) groups is 1. The lowest BCUT2D eigenvalue weighted by molar-refractivity contribution is 0.102. The molecule has 2 heterocycles. The van der Waals surface area contributed by atoms with Crippen LogP contribution in [0.15, 0.2) is 33.1 Å². The number of halogens is 1. The number of nitrogens with zero attached hydrogens (tertiary/aromatic N) is 2. The van der Waals surface area contributed by atoms with Crippen molar-refractivity contribution in [2.24, 2.45) is 0 Å². The van der Waals surface area contributed by atoms with Gasteiger partial charge in [-0.3, -0.25) is 10.1 Å². The van der Waals surface area contributed by atoms with Crippen molar-refractivity contribution in [3.05, 3.63) is 34.4 Å². The summed E-state index contributed by atoms with van der Waals surface area (Å²) in [6.07, 6.45) is 0. The first-order valence-corrected chi connectivity index (χ1v) is 8.81. The molecular formula is C13H11BrN4OS2. The third kappa shape index (κ3) is 3.28. The van der Waals surface area contributed by atoms with E-state index in [0.717, 1.165) is 25.5 Å². The normalized spacial score (nSPS) is 11.0. The molecule has 1 amide bonds. The SMILES string of the molecule is CCSc1nnc(NC(=O)c2cc3cc(Br)ccc3[nH]2)s1. The number of H-pyrrole nitrogens is 1. The zero-order chi connectivity index (χ0) is 14.8. The highest BCUT2D eigenvalue weighted by Crippen LogP contribution is 2.26. The van der Waals surface area contributed by atoms with Crippen LogP contribution < -0.4 is 5.32 Å². The minimum atomic E-state index is -0.216. The molecule has 0 spiro atoms. The zero-order valence-corrected chi connectivity index (χ0v) is 14.2. The third-order valence-electron chi connectivity index (χ3n) is 2.72. The number of carbonyl (C=O) groups excluding carboxylic acids is 1. The Kier molecular flexibility index (Phi) is 4.27. The molecule has 21 heavy (non-hydrogen) atoms. The van der Waals surface area contributed by atoms with Crippen molar-refractivity contribution in [3.8, 4) is 0 Å². The lowest BCUT2D eigenvalue weighted by atomic mass is 10.2. The molecule has 0 saturated heterocycles. The van der Waals surface area contributed by atoms with Crippen molar-refractivity contribution in [1.29, 1.82) is 0 Å². The predicted molar refractivity (Wildman–Crippen MR) is 90.3 cm³/mol. The number of hydrogen-bond acceptors (Lipinski definition) is 5. The van der Waals surface area contributed by atoms with Crippen LogP contribution in [0.2, 0.25) is 0 Å². The average molecular weight is 383 g/mol. The number of hydrogen-bond donors (Lipinski definition) is 2. The monoisotopic (exact) mass is 382 g/mol. The Bertz CT molecular complexity index is 798. The lowest BCUT2D eigenvalue weighted by Crippen LogP contribution is -2.11. The van der Waals surface area contributed by atoms with E-state index in [1.54, 1.807) is 11.8 Å². The van der Waals surface area contributed by atoms with E-state index in [1.807, 2.05) is 31.2 Å². The van der Waals surface area contributed by atoms with E-state index >= 15 is 0 Å². The highest BCUT2D eigenvalue weighted by molar-refractivity contribution is 9.10. The van der Waals surface area contributed by atoms with Crippen LogP contribution in [0.5, 0.6) is 0 Å². The molecule has 0 atom stereocenters. The number of benzene rings is 1. The van der Waals surface area contributed by atoms with Gasteiger partial charge in [-0.25, -0.2) is 0 Å². The van der Waals surface area contributed by atoms with Crippen molar-refractivity contribution < 1.29 is 4.79 Å². The van der Waals surface area contributed by atoms with Crippen molar-refractivity contribution >= 4 is 61.0 Å². The fourth-order valence-electron chi connectivity index (χ4n) is 1.83. The fraction of sp³-hybridized carbons (Fsp3) is 0.154. The molecule has 3 rings (SSSR count). The number of amides is 1. The second-order valence-corrected chi connectivity index (χ2v) is 7.58. The number of fused-ring (bicyclic) bond motifs is 1. The first kappa shape index (κ1) is 14.6. The highest BCUT2D eigenvalue weighted by atomic mass is 79.9. The van der Waals surface area contributed by atoms with Crippen LogP contribution in [-0.4, -0.2) is 26.8 Å². The number of aromatic nitrogens is 3. The van der Waals surface area contributed by atoms with Gasteiger partial charge in [-0.1, -0.05) is 46.0 Å². The molecule has 0 radical (unpaired) electrons. The van der Waals surface area contributed by atoms with E-state index in [1.165, 1.54) is 11.3 Å². The maximum atomic E-state index is 12.2. The van der Waals surface area contributed by atoms with Gasteiger partial charge in [0, 0.05) is 15.4 Å². The van der Waals surface area contributed by atoms with Gasteiger partial charge in [0.2, 0.25) is 5.13 Å². The average Bonchev–Trinajstić information content (AvgIpc) is 3.05. The van der Waals surface area contributed by atoms with Crippen LogP contribution >= 0.6 is 39.0 Å². The molecule has 0 aliphatic heterocycles. The molecule has 0 aliphatic rings. The number of thioether (sulfide) groups is 1. The standard InChI is InChI=1S/C13H11BrN4OS2/c1-2-20-13-18-17-12(21-13)16-11(19)10-6-7-5-8(14)3-4-9(7)15-10/h3-6,15H,2H2,1H3,(H,16,17,19). The Labute approximate surface area is 137 Å². The molecule has 1 aromatic carbocycles. The van der Waals surface area contributed by atoms with Gasteiger partial charge in [-0.05, 0) is 30.0 Å². The summed E-state index contributed by atoms with van der Waals surface area (Å²) in [7, 11) is 0. The molecule has 0 bridgehead atoms. The summed E-state index contributed by atoms with van der Waals surface area (Å²) < 4.78 is 1.83. The number of anilines is 1. The van der Waals surface area contributed by atoms with E-state index in [0.29, 0.717) is 10.8 Å². The Morgan fingerprint density at radius 1 is 1.43 bits per heavy atom. The van der Waals surface area contributed by atoms with Crippen LogP contribution in [0.25, 0.3) is 10.9 Å². The quantitative estimate of drug-likeness (QED) is 0.525. The summed E-state index contributed by atoms with van der Waals surface area (Å²) in [6.45, 7) is 2.05. The molecule has 3 aromatic rings. The molecule has 0 saturated carbocycles. The van der Waals surface area contributed by atoms with Gasteiger partial charge in [0.1, 0.15) is 5.69 Å². The first-order valence-electron chi connectivity index (χ1n) is 6.21. The van der Waals surface area contributed by atoms with Gasteiger partial charge in [-0.15, -0.1) is 10.2 Å². The smallest absolute Gasteiger partial charge is 0.273 e. The fourth-order valence-corrected chi connectivity index (χ4v) is 3.86. The highest BCUT2D eigenvalue weighted by Gasteiger charge is 2.12. The maximum Gasteiger partial charge on any atom is 0.273 e. The number of aromatic amines is 1. The van der Waals surface area contributed by atoms with Crippen LogP contribution in [0.4, 0.5) is 5.13 Å². The molecule has 2 aromatic heterocycles. The first-order chi connectivity index (χ1) is 10.2. The second-order valence-electron chi connectivity index (χ2n) is 4.17. The number of rotatable bonds is 4. The van der Waals surface area contributed by atoms with E-state index < -0.39 is 0 Å².